The second kappa shape index (κ2) is 23.2. The van der Waals surface area contributed by atoms with Crippen LogP contribution in [0.25, 0.3) is 24.3 Å². The molecule has 4 nitrogen and oxygen atoms in total. The summed E-state index contributed by atoms with van der Waals surface area (Å²) in [5.41, 5.74) is 10.1. The molecule has 0 aliphatic carbocycles. The van der Waals surface area contributed by atoms with E-state index >= 15 is 0 Å². The average Bonchev–Trinajstić information content (AvgIpc) is 3.25. The molecule has 0 aromatic heterocycles. The van der Waals surface area contributed by atoms with E-state index in [4.69, 9.17) is 0 Å². The summed E-state index contributed by atoms with van der Waals surface area (Å²) >= 11 is 0. The Kier molecular flexibility index (Phi) is 17.2. The Morgan fingerprint density at radius 2 is 0.741 bits per heavy atom. The maximum absolute atomic E-state index is 9.87. The number of rotatable bonds is 18. The van der Waals surface area contributed by atoms with Crippen LogP contribution >= 0.6 is 0 Å². The molecule has 0 heterocycles. The summed E-state index contributed by atoms with van der Waals surface area (Å²) in [6.07, 6.45) is 18.0. The van der Waals surface area contributed by atoms with Crippen LogP contribution in [0.1, 0.15) is 124 Å². The molecular formula is C54H60N2O2. The first-order chi connectivity index (χ1) is 28.4. The SMILES string of the molecule is CCCCN(CCCC)c1ccc(/C=C/c2cc(C#Cc3ccc(O)cc3)c(/C=C/c3ccc(N(CCCC)CCCC)cc3)cc2C#Cc2ccc(O)cc2)cc1. The molecule has 0 saturated heterocycles. The van der Waals surface area contributed by atoms with E-state index in [-0.39, 0.29) is 11.5 Å². The molecule has 0 spiro atoms. The molecule has 58 heavy (non-hydrogen) atoms. The van der Waals surface area contributed by atoms with E-state index in [0.29, 0.717) is 0 Å². The highest BCUT2D eigenvalue weighted by Crippen LogP contribution is 2.25. The highest BCUT2D eigenvalue weighted by molar-refractivity contribution is 5.80. The van der Waals surface area contributed by atoms with Crippen molar-refractivity contribution >= 4 is 35.7 Å². The molecule has 0 radical (unpaired) electrons. The monoisotopic (exact) mass is 768 g/mol. The van der Waals surface area contributed by atoms with Gasteiger partial charge in [0.2, 0.25) is 0 Å². The quantitative estimate of drug-likeness (QED) is 0.0688. The summed E-state index contributed by atoms with van der Waals surface area (Å²) in [5.74, 6) is 14.0. The van der Waals surface area contributed by atoms with Crippen molar-refractivity contribution in [3.63, 3.8) is 0 Å². The Labute approximate surface area is 348 Å². The number of aromatic hydroxyl groups is 2. The molecule has 0 bridgehead atoms. The minimum Gasteiger partial charge on any atom is -0.508 e. The zero-order chi connectivity index (χ0) is 41.0. The number of unbranched alkanes of at least 4 members (excludes halogenated alkanes) is 4. The second-order valence-electron chi connectivity index (χ2n) is 14.9. The lowest BCUT2D eigenvalue weighted by Crippen LogP contribution is -2.25. The van der Waals surface area contributed by atoms with Crippen LogP contribution in [-0.2, 0) is 0 Å². The summed E-state index contributed by atoms with van der Waals surface area (Å²) in [4.78, 5) is 5.01. The molecule has 5 aromatic rings. The standard InChI is InChI=1S/C54H60N2O2/c1-5-9-37-55(38-10-6-2)51-29-17-43(18-30-51)13-25-47-41-50(28-16-46-23-35-54(58)36-24-46)48(42-49(47)27-15-45-21-33-53(57)34-22-45)26-14-44-19-31-52(32-20-44)56(39-11-7-3)40-12-8-4/h13-14,17-26,29-36,41-42,57-58H,5-12,37-40H2,1-4H3/b25-13+,26-14+. The number of hydrogen-bond acceptors (Lipinski definition) is 4. The van der Waals surface area contributed by atoms with Crippen LogP contribution < -0.4 is 9.80 Å². The fourth-order valence-corrected chi connectivity index (χ4v) is 6.59. The van der Waals surface area contributed by atoms with Crippen molar-refractivity contribution in [2.24, 2.45) is 0 Å². The van der Waals surface area contributed by atoms with Crippen LogP contribution in [0.4, 0.5) is 11.4 Å². The maximum Gasteiger partial charge on any atom is 0.115 e. The number of nitrogens with zero attached hydrogens (tertiary/aromatic N) is 2. The molecule has 0 atom stereocenters. The van der Waals surface area contributed by atoms with Crippen LogP contribution in [0.3, 0.4) is 0 Å². The highest BCUT2D eigenvalue weighted by atomic mass is 16.3. The van der Waals surface area contributed by atoms with E-state index in [0.717, 1.165) is 70.7 Å². The first-order valence-electron chi connectivity index (χ1n) is 21.2. The summed E-state index contributed by atoms with van der Waals surface area (Å²) in [6.45, 7) is 13.3. The van der Waals surface area contributed by atoms with Crippen molar-refractivity contribution in [1.82, 2.24) is 0 Å². The number of benzene rings is 5. The van der Waals surface area contributed by atoms with E-state index in [9.17, 15) is 10.2 Å². The molecule has 0 amide bonds. The van der Waals surface area contributed by atoms with Gasteiger partial charge in [0.25, 0.3) is 0 Å². The summed E-state index contributed by atoms with van der Waals surface area (Å²) < 4.78 is 0. The van der Waals surface area contributed by atoms with Crippen LogP contribution in [0, 0.1) is 23.7 Å². The van der Waals surface area contributed by atoms with Crippen LogP contribution in [0.5, 0.6) is 11.5 Å². The summed E-state index contributed by atoms with van der Waals surface area (Å²) in [7, 11) is 0. The van der Waals surface area contributed by atoms with Crippen molar-refractivity contribution in [2.75, 3.05) is 36.0 Å². The van der Waals surface area contributed by atoms with Crippen molar-refractivity contribution in [2.45, 2.75) is 79.1 Å². The van der Waals surface area contributed by atoms with Crippen molar-refractivity contribution < 1.29 is 10.2 Å². The molecule has 0 aliphatic rings. The van der Waals surface area contributed by atoms with Gasteiger partial charge in [0.05, 0.1) is 0 Å². The van der Waals surface area contributed by atoms with Gasteiger partial charge in [0.15, 0.2) is 0 Å². The predicted octanol–water partition coefficient (Wildman–Crippen LogP) is 13.1. The van der Waals surface area contributed by atoms with Gasteiger partial charge in [0.1, 0.15) is 11.5 Å². The number of anilines is 2. The Balaban J connectivity index is 1.54. The third-order valence-electron chi connectivity index (χ3n) is 10.2. The van der Waals surface area contributed by atoms with Crippen LogP contribution in [-0.4, -0.2) is 36.4 Å². The zero-order valence-corrected chi connectivity index (χ0v) is 35.0. The minimum absolute atomic E-state index is 0.214. The smallest absolute Gasteiger partial charge is 0.115 e. The highest BCUT2D eigenvalue weighted by Gasteiger charge is 2.09. The average molecular weight is 769 g/mol. The molecular weight excluding hydrogens is 709 g/mol. The topological polar surface area (TPSA) is 46.9 Å². The Morgan fingerprint density at radius 3 is 1.05 bits per heavy atom. The fraction of sp³-hybridized carbons (Fsp3) is 0.296. The molecule has 2 N–H and O–H groups in total. The van der Waals surface area contributed by atoms with Gasteiger partial charge in [0, 0.05) is 59.8 Å². The lowest BCUT2D eigenvalue weighted by Gasteiger charge is -2.24. The molecule has 0 aliphatic heterocycles. The van der Waals surface area contributed by atoms with E-state index in [1.165, 1.54) is 62.7 Å². The zero-order valence-electron chi connectivity index (χ0n) is 35.0. The van der Waals surface area contributed by atoms with Crippen LogP contribution in [0.2, 0.25) is 0 Å². The third-order valence-corrected chi connectivity index (χ3v) is 10.2. The van der Waals surface area contributed by atoms with Gasteiger partial charge in [-0.3, -0.25) is 0 Å². The van der Waals surface area contributed by atoms with E-state index in [1.54, 1.807) is 24.3 Å². The van der Waals surface area contributed by atoms with Gasteiger partial charge in [-0.2, -0.15) is 0 Å². The summed E-state index contributed by atoms with van der Waals surface area (Å²) in [6, 6.07) is 35.9. The number of phenols is 2. The van der Waals surface area contributed by atoms with Gasteiger partial charge in [-0.05, 0) is 133 Å². The lowest BCUT2D eigenvalue weighted by molar-refractivity contribution is 0.474. The lowest BCUT2D eigenvalue weighted by atomic mass is 9.96. The second-order valence-corrected chi connectivity index (χ2v) is 14.9. The van der Waals surface area contributed by atoms with E-state index < -0.39 is 0 Å². The van der Waals surface area contributed by atoms with Crippen molar-refractivity contribution in [1.29, 1.82) is 0 Å². The van der Waals surface area contributed by atoms with E-state index in [2.05, 4.69) is 146 Å². The van der Waals surface area contributed by atoms with Gasteiger partial charge in [-0.15, -0.1) is 0 Å². The van der Waals surface area contributed by atoms with Crippen LogP contribution in [0.15, 0.2) is 109 Å². The van der Waals surface area contributed by atoms with Gasteiger partial charge in [-0.25, -0.2) is 0 Å². The van der Waals surface area contributed by atoms with Gasteiger partial charge in [-0.1, -0.05) is 126 Å². The molecule has 4 heteroatoms. The third kappa shape index (κ3) is 13.5. The molecule has 5 aromatic carbocycles. The molecule has 0 saturated carbocycles. The first kappa shape index (κ1) is 43.0. The minimum atomic E-state index is 0.214. The number of hydrogen-bond donors (Lipinski definition) is 2. The fourth-order valence-electron chi connectivity index (χ4n) is 6.59. The normalized spacial score (nSPS) is 11.0. The predicted molar refractivity (Wildman–Crippen MR) is 249 cm³/mol. The van der Waals surface area contributed by atoms with Gasteiger partial charge >= 0.3 is 0 Å². The maximum atomic E-state index is 9.87. The summed E-state index contributed by atoms with van der Waals surface area (Å²) in [5, 5.41) is 19.7. The molecule has 0 unspecified atom stereocenters. The Bertz CT molecular complexity index is 2010. The van der Waals surface area contributed by atoms with E-state index in [1.807, 2.05) is 24.3 Å². The molecule has 298 valence electrons. The Hall–Kier alpha value is -6.10. The van der Waals surface area contributed by atoms with Gasteiger partial charge < -0.3 is 20.0 Å². The Morgan fingerprint density at radius 1 is 0.414 bits per heavy atom. The van der Waals surface area contributed by atoms with Crippen molar-refractivity contribution in [3.8, 4) is 35.2 Å². The number of phenolic OH excluding ortho intramolecular Hbond substituents is 2. The first-order valence-corrected chi connectivity index (χ1v) is 21.2. The molecule has 0 fully saturated rings. The van der Waals surface area contributed by atoms with Crippen molar-refractivity contribution in [3.05, 3.63) is 154 Å². The largest absolute Gasteiger partial charge is 0.508 e. The molecule has 5 rings (SSSR count).